The predicted molar refractivity (Wildman–Crippen MR) is 112 cm³/mol. The Bertz CT molecular complexity index is 594. The average molecular weight is 976 g/mol. The van der Waals surface area contributed by atoms with Crippen molar-refractivity contribution in [2.24, 2.45) is 0 Å². The van der Waals surface area contributed by atoms with Crippen molar-refractivity contribution in [3.8, 4) is 0 Å². The molecule has 0 aromatic rings. The van der Waals surface area contributed by atoms with E-state index in [9.17, 15) is 33.6 Å². The van der Waals surface area contributed by atoms with Crippen LogP contribution in [0, 0.1) is 0 Å². The summed E-state index contributed by atoms with van der Waals surface area (Å²) in [6.07, 6.45) is 2.97. The molecule has 3 aliphatic heterocycles. The molecule has 0 atom stereocenters. The minimum atomic E-state index is -0.0602. The van der Waals surface area contributed by atoms with Crippen molar-refractivity contribution < 1.29 is 230 Å². The Kier molecular flexibility index (Phi) is 55.0. The Balaban J connectivity index is -0.0000000478. The summed E-state index contributed by atoms with van der Waals surface area (Å²) in [7, 11) is 6.17. The van der Waals surface area contributed by atoms with Gasteiger partial charge in [-0.05, 0) is 0 Å². The largest absolute Gasteiger partial charge is 0.359 e. The van der Waals surface area contributed by atoms with Crippen molar-refractivity contribution in [1.82, 2.24) is 20.0 Å². The molecule has 0 saturated carbocycles. The summed E-state index contributed by atoms with van der Waals surface area (Å²) in [5, 5.41) is 2.48. The molecule has 37 heavy (non-hydrogen) atoms. The molecule has 1 N–H and O–H groups in total. The Hall–Kier alpha value is 3.51. The smallest absolute Gasteiger partial charge is 0.229 e. The van der Waals surface area contributed by atoms with Gasteiger partial charge in [0.2, 0.25) is 41.4 Å². The maximum atomic E-state index is 10.5. The first-order chi connectivity index (χ1) is 14.0. The summed E-state index contributed by atoms with van der Waals surface area (Å²) < 4.78 is 0. The molecule has 3 heterocycles. The van der Waals surface area contributed by atoms with Crippen LogP contribution in [-0.4, -0.2) is 84.2 Å². The van der Waals surface area contributed by atoms with Crippen LogP contribution in [0.4, 0.5) is 0 Å². The summed E-state index contributed by atoms with van der Waals surface area (Å²) >= 11 is 0. The Morgan fingerprint density at radius 1 is 0.568 bits per heavy atom. The van der Waals surface area contributed by atoms with Crippen LogP contribution in [0.3, 0.4) is 0 Å². The SMILES string of the molecule is C.CCC(=O)NC.CN1C(=O)CCC1=O.CN1C(=O)CCC1=O.CN1C(=O)CCC1=O.[Y].[Y].[Y].[Y].[Y].[Y]. The third kappa shape index (κ3) is 25.7. The number of carbonyl (C=O) groups is 7. The normalized spacial score (nSPS) is 14.5. The quantitative estimate of drug-likeness (QED) is 0.367. The number of likely N-dealkylation sites (tertiary alicyclic amines) is 3. The number of carbonyl (C=O) groups excluding carboxylic acids is 7. The third-order valence-corrected chi connectivity index (χ3v) is 4.50. The van der Waals surface area contributed by atoms with Gasteiger partial charge in [0.1, 0.15) is 0 Å². The average Bonchev–Trinajstić information content (AvgIpc) is 3.32. The molecule has 0 unspecified atom stereocenters. The fraction of sp³-hybridized carbons (Fsp3) is 0.650. The first-order valence-corrected chi connectivity index (χ1v) is 9.54. The van der Waals surface area contributed by atoms with E-state index in [0.29, 0.717) is 44.9 Å². The maximum Gasteiger partial charge on any atom is 0.229 e. The van der Waals surface area contributed by atoms with E-state index < -0.39 is 0 Å². The van der Waals surface area contributed by atoms with Crippen LogP contribution in [0.5, 0.6) is 0 Å². The molecule has 7 amide bonds. The first-order valence-electron chi connectivity index (χ1n) is 9.54. The number of nitrogens with one attached hydrogen (secondary N) is 1. The molecule has 0 spiro atoms. The van der Waals surface area contributed by atoms with Gasteiger partial charge in [-0.15, -0.1) is 0 Å². The molecule has 194 valence electrons. The van der Waals surface area contributed by atoms with Crippen molar-refractivity contribution in [1.29, 1.82) is 0 Å². The van der Waals surface area contributed by atoms with Gasteiger partial charge in [0, 0.05) is 269 Å². The van der Waals surface area contributed by atoms with Crippen LogP contribution in [0.2, 0.25) is 0 Å². The van der Waals surface area contributed by atoms with Gasteiger partial charge in [0.15, 0.2) is 0 Å². The zero-order valence-corrected chi connectivity index (χ0v) is 38.6. The van der Waals surface area contributed by atoms with Crippen molar-refractivity contribution in [3.63, 3.8) is 0 Å². The molecule has 6 radical (unpaired) electrons. The summed E-state index contributed by atoms with van der Waals surface area (Å²) in [5.41, 5.74) is 0. The Morgan fingerprint density at radius 3 is 0.757 bits per heavy atom. The molecule has 3 fully saturated rings. The number of amides is 7. The van der Waals surface area contributed by atoms with Gasteiger partial charge in [-0.2, -0.15) is 0 Å². The van der Waals surface area contributed by atoms with E-state index >= 15 is 0 Å². The number of rotatable bonds is 1. The van der Waals surface area contributed by atoms with E-state index in [1.165, 1.54) is 35.8 Å². The molecular formula is C20H34N4O7Y6. The molecular weight excluding hydrogens is 942 g/mol. The fourth-order valence-electron chi connectivity index (χ4n) is 2.24. The number of hydrogen-bond donors (Lipinski definition) is 1. The van der Waals surface area contributed by atoms with Crippen LogP contribution in [0.25, 0.3) is 0 Å². The summed E-state index contributed by atoms with van der Waals surface area (Å²) in [6.45, 7) is 1.82. The van der Waals surface area contributed by atoms with E-state index in [1.807, 2.05) is 6.92 Å². The minimum absolute atomic E-state index is 0. The van der Waals surface area contributed by atoms with E-state index in [0.717, 1.165) is 0 Å². The zero-order chi connectivity index (χ0) is 23.4. The number of nitrogens with zero attached hydrogens (tertiary/aromatic N) is 3. The minimum Gasteiger partial charge on any atom is -0.359 e. The monoisotopic (exact) mass is 976 g/mol. The van der Waals surface area contributed by atoms with Crippen LogP contribution in [-0.2, 0) is 230 Å². The van der Waals surface area contributed by atoms with E-state index in [2.05, 4.69) is 5.32 Å². The van der Waals surface area contributed by atoms with Crippen molar-refractivity contribution in [2.45, 2.75) is 59.3 Å². The zero-order valence-electron chi connectivity index (χ0n) is 21.6. The van der Waals surface area contributed by atoms with E-state index in [4.69, 9.17) is 0 Å². The molecule has 0 bridgehead atoms. The molecule has 0 aromatic carbocycles. The third-order valence-electron chi connectivity index (χ3n) is 4.50. The molecule has 3 saturated heterocycles. The molecule has 0 aliphatic carbocycles. The maximum absolute atomic E-state index is 10.5. The Morgan fingerprint density at radius 2 is 0.730 bits per heavy atom. The van der Waals surface area contributed by atoms with Crippen molar-refractivity contribution in [3.05, 3.63) is 0 Å². The topological polar surface area (TPSA) is 141 Å². The molecule has 3 rings (SSSR count). The second-order valence-electron chi connectivity index (χ2n) is 6.57. The van der Waals surface area contributed by atoms with Crippen LogP contribution in [0.1, 0.15) is 59.3 Å². The van der Waals surface area contributed by atoms with Gasteiger partial charge in [0.05, 0.1) is 0 Å². The van der Waals surface area contributed by atoms with Crippen molar-refractivity contribution >= 4 is 41.4 Å². The van der Waals surface area contributed by atoms with E-state index in [1.54, 1.807) is 7.05 Å². The van der Waals surface area contributed by atoms with Gasteiger partial charge in [-0.1, -0.05) is 14.4 Å². The second-order valence-corrected chi connectivity index (χ2v) is 6.57. The van der Waals surface area contributed by atoms with Crippen molar-refractivity contribution in [2.75, 3.05) is 28.2 Å². The molecule has 11 nitrogen and oxygen atoms in total. The van der Waals surface area contributed by atoms with Gasteiger partial charge in [-0.25, -0.2) is 0 Å². The summed E-state index contributed by atoms with van der Waals surface area (Å²) in [4.78, 5) is 76.5. The molecule has 3 aliphatic rings. The molecule has 0 aromatic heterocycles. The van der Waals surface area contributed by atoms with Gasteiger partial charge in [0.25, 0.3) is 0 Å². The number of imide groups is 3. The number of hydrogen-bond acceptors (Lipinski definition) is 7. The van der Waals surface area contributed by atoms with Crippen LogP contribution in [0.15, 0.2) is 0 Å². The standard InChI is InChI=1S/3C5H7NO2.C4H9NO.CH4.6Y/c3*1-6-4(7)2-3-5(6)8;1-3-4(6)5-2;;;;;;;/h3*2-3H2,1H3;3H2,1-2H3,(H,5,6);1H4;;;;;;. The van der Waals surface area contributed by atoms with Crippen LogP contribution >= 0.6 is 0 Å². The second kappa shape index (κ2) is 34.0. The fourth-order valence-corrected chi connectivity index (χ4v) is 2.24. The first kappa shape index (κ1) is 59.8. The predicted octanol–water partition coefficient (Wildman–Crippen LogP) is 0.0591. The van der Waals surface area contributed by atoms with Crippen LogP contribution < -0.4 is 5.32 Å². The molecule has 17 heteroatoms. The summed E-state index contributed by atoms with van der Waals surface area (Å²) in [5.74, 6) is -0.269. The van der Waals surface area contributed by atoms with Gasteiger partial charge in [-0.3, -0.25) is 48.3 Å². The Labute approximate surface area is 371 Å². The summed E-state index contributed by atoms with van der Waals surface area (Å²) in [6, 6.07) is 0. The van der Waals surface area contributed by atoms with E-state index in [-0.39, 0.29) is 245 Å². The van der Waals surface area contributed by atoms with Gasteiger partial charge >= 0.3 is 0 Å². The van der Waals surface area contributed by atoms with Gasteiger partial charge < -0.3 is 5.32 Å².